The fourth-order valence-electron chi connectivity index (χ4n) is 2.03. The van der Waals surface area contributed by atoms with Crippen molar-refractivity contribution in [2.75, 3.05) is 0 Å². The molecule has 2 rings (SSSR count). The van der Waals surface area contributed by atoms with Gasteiger partial charge in [-0.15, -0.1) is 0 Å². The van der Waals surface area contributed by atoms with E-state index in [-0.39, 0.29) is 6.61 Å². The van der Waals surface area contributed by atoms with E-state index in [1.54, 1.807) is 0 Å². The van der Waals surface area contributed by atoms with Crippen LogP contribution < -0.4 is 0 Å². The molecule has 2 heterocycles. The van der Waals surface area contributed by atoms with E-state index in [0.29, 0.717) is 18.8 Å². The number of aliphatic hydroxyl groups excluding tert-OH is 1. The second-order valence-electron chi connectivity index (χ2n) is 4.03. The Bertz CT molecular complexity index is 457. The van der Waals surface area contributed by atoms with Crippen molar-refractivity contribution >= 4 is 6.09 Å². The first kappa shape index (κ1) is 10.9. The Kier molecular flexibility index (Phi) is 2.55. The van der Waals surface area contributed by atoms with Crippen LogP contribution in [0.5, 0.6) is 0 Å². The van der Waals surface area contributed by atoms with Gasteiger partial charge in [-0.25, -0.2) is 4.79 Å². The molecule has 0 saturated carbocycles. The SMILES string of the molecule is Cc1c(CO)nc2c(c1C)CN(C(=O)O)C2. The number of aliphatic hydroxyl groups is 1. The number of nitrogens with zero attached hydrogens (tertiary/aromatic N) is 2. The van der Waals surface area contributed by atoms with Crippen molar-refractivity contribution in [3.05, 3.63) is 28.1 Å². The molecular formula is C11H14N2O3. The summed E-state index contributed by atoms with van der Waals surface area (Å²) in [4.78, 5) is 16.5. The summed E-state index contributed by atoms with van der Waals surface area (Å²) in [5.41, 5.74) is 4.39. The second kappa shape index (κ2) is 3.75. The maximum atomic E-state index is 10.9. The van der Waals surface area contributed by atoms with Crippen LogP contribution in [0, 0.1) is 13.8 Å². The molecule has 0 aromatic carbocycles. The molecule has 1 aliphatic rings. The molecule has 0 spiro atoms. The molecule has 16 heavy (non-hydrogen) atoms. The lowest BCUT2D eigenvalue weighted by Crippen LogP contribution is -2.22. The van der Waals surface area contributed by atoms with E-state index in [9.17, 15) is 4.79 Å². The summed E-state index contributed by atoms with van der Waals surface area (Å²) in [7, 11) is 0. The number of fused-ring (bicyclic) bond motifs is 1. The summed E-state index contributed by atoms with van der Waals surface area (Å²) in [6.45, 7) is 4.46. The van der Waals surface area contributed by atoms with Crippen LogP contribution in [0.1, 0.15) is 28.1 Å². The van der Waals surface area contributed by atoms with Crippen LogP contribution in [0.25, 0.3) is 0 Å². The Balaban J connectivity index is 2.46. The average Bonchev–Trinajstić information content (AvgIpc) is 2.67. The minimum Gasteiger partial charge on any atom is -0.465 e. The quantitative estimate of drug-likeness (QED) is 0.748. The summed E-state index contributed by atoms with van der Waals surface area (Å²) in [6, 6.07) is 0. The van der Waals surface area contributed by atoms with Gasteiger partial charge in [0.25, 0.3) is 0 Å². The lowest BCUT2D eigenvalue weighted by Gasteiger charge is -2.10. The normalized spacial score (nSPS) is 14.1. The number of hydrogen-bond donors (Lipinski definition) is 2. The number of amides is 1. The lowest BCUT2D eigenvalue weighted by atomic mass is 10.0. The highest BCUT2D eigenvalue weighted by molar-refractivity contribution is 5.66. The van der Waals surface area contributed by atoms with Gasteiger partial charge in [-0.2, -0.15) is 0 Å². The van der Waals surface area contributed by atoms with Gasteiger partial charge in [0.05, 0.1) is 31.1 Å². The first-order valence-corrected chi connectivity index (χ1v) is 5.11. The van der Waals surface area contributed by atoms with E-state index in [0.717, 1.165) is 22.4 Å². The second-order valence-corrected chi connectivity index (χ2v) is 4.03. The molecule has 5 heteroatoms. The number of pyridine rings is 1. The van der Waals surface area contributed by atoms with Crippen molar-refractivity contribution in [1.82, 2.24) is 9.88 Å². The van der Waals surface area contributed by atoms with Gasteiger partial charge >= 0.3 is 6.09 Å². The lowest BCUT2D eigenvalue weighted by molar-refractivity contribution is 0.145. The Morgan fingerprint density at radius 2 is 2.06 bits per heavy atom. The topological polar surface area (TPSA) is 73.7 Å². The summed E-state index contributed by atoms with van der Waals surface area (Å²) >= 11 is 0. The Labute approximate surface area is 93.3 Å². The number of rotatable bonds is 1. The first-order valence-electron chi connectivity index (χ1n) is 5.11. The van der Waals surface area contributed by atoms with E-state index in [1.165, 1.54) is 4.90 Å². The third kappa shape index (κ3) is 1.53. The van der Waals surface area contributed by atoms with Gasteiger partial charge < -0.3 is 10.2 Å². The van der Waals surface area contributed by atoms with Crippen molar-refractivity contribution in [3.8, 4) is 0 Å². The number of carbonyl (C=O) groups is 1. The molecule has 2 N–H and O–H groups in total. The molecule has 1 amide bonds. The highest BCUT2D eigenvalue weighted by Crippen LogP contribution is 2.27. The first-order chi connectivity index (χ1) is 7.54. The predicted octanol–water partition coefficient (Wildman–Crippen LogP) is 1.18. The van der Waals surface area contributed by atoms with Crippen molar-refractivity contribution in [3.63, 3.8) is 0 Å². The molecule has 0 atom stereocenters. The minimum absolute atomic E-state index is 0.104. The van der Waals surface area contributed by atoms with Crippen LogP contribution in [-0.4, -0.2) is 26.2 Å². The van der Waals surface area contributed by atoms with E-state index in [2.05, 4.69) is 4.98 Å². The van der Waals surface area contributed by atoms with E-state index >= 15 is 0 Å². The van der Waals surface area contributed by atoms with Gasteiger partial charge in [-0.3, -0.25) is 9.88 Å². The fourth-order valence-corrected chi connectivity index (χ4v) is 2.03. The molecule has 0 saturated heterocycles. The summed E-state index contributed by atoms with van der Waals surface area (Å²) < 4.78 is 0. The molecule has 5 nitrogen and oxygen atoms in total. The largest absolute Gasteiger partial charge is 0.465 e. The number of aromatic nitrogens is 1. The fraction of sp³-hybridized carbons (Fsp3) is 0.455. The molecule has 1 aliphatic heterocycles. The van der Waals surface area contributed by atoms with Crippen molar-refractivity contribution in [2.24, 2.45) is 0 Å². The average molecular weight is 222 g/mol. The van der Waals surface area contributed by atoms with Gasteiger partial charge in [0.1, 0.15) is 0 Å². The zero-order valence-electron chi connectivity index (χ0n) is 9.32. The molecule has 0 radical (unpaired) electrons. The molecule has 0 bridgehead atoms. The zero-order valence-corrected chi connectivity index (χ0v) is 9.32. The molecular weight excluding hydrogens is 208 g/mol. The number of hydrogen-bond acceptors (Lipinski definition) is 3. The highest BCUT2D eigenvalue weighted by Gasteiger charge is 2.27. The summed E-state index contributed by atoms with van der Waals surface area (Å²) in [5, 5.41) is 18.1. The maximum absolute atomic E-state index is 10.9. The third-order valence-corrected chi connectivity index (χ3v) is 3.18. The van der Waals surface area contributed by atoms with Crippen LogP contribution in [-0.2, 0) is 19.7 Å². The van der Waals surface area contributed by atoms with Gasteiger partial charge in [-0.05, 0) is 30.5 Å². The van der Waals surface area contributed by atoms with Crippen LogP contribution in [0.3, 0.4) is 0 Å². The third-order valence-electron chi connectivity index (χ3n) is 3.18. The van der Waals surface area contributed by atoms with Gasteiger partial charge in [0, 0.05) is 0 Å². The monoisotopic (exact) mass is 222 g/mol. The van der Waals surface area contributed by atoms with Crippen LogP contribution in [0.2, 0.25) is 0 Å². The Morgan fingerprint density at radius 3 is 2.62 bits per heavy atom. The molecule has 0 unspecified atom stereocenters. The summed E-state index contributed by atoms with van der Waals surface area (Å²) in [6.07, 6.45) is -0.930. The predicted molar refractivity (Wildman–Crippen MR) is 56.9 cm³/mol. The van der Waals surface area contributed by atoms with Gasteiger partial charge in [0.15, 0.2) is 0 Å². The highest BCUT2D eigenvalue weighted by atomic mass is 16.4. The van der Waals surface area contributed by atoms with Gasteiger partial charge in [0.2, 0.25) is 0 Å². The number of carboxylic acid groups (broad SMARTS) is 1. The summed E-state index contributed by atoms with van der Waals surface area (Å²) in [5.74, 6) is 0. The Morgan fingerprint density at radius 1 is 1.38 bits per heavy atom. The van der Waals surface area contributed by atoms with E-state index in [1.807, 2.05) is 13.8 Å². The minimum atomic E-state index is -0.930. The Hall–Kier alpha value is -1.62. The van der Waals surface area contributed by atoms with E-state index < -0.39 is 6.09 Å². The standard InChI is InChI=1S/C11H14N2O3/c1-6-7(2)10(5-14)12-9-4-13(11(15)16)3-8(6)9/h14H,3-5H2,1-2H3,(H,15,16). The van der Waals surface area contributed by atoms with Crippen LogP contribution >= 0.6 is 0 Å². The van der Waals surface area contributed by atoms with Crippen LogP contribution in [0.15, 0.2) is 0 Å². The molecule has 1 aromatic heterocycles. The van der Waals surface area contributed by atoms with Crippen molar-refractivity contribution in [2.45, 2.75) is 33.5 Å². The van der Waals surface area contributed by atoms with Gasteiger partial charge in [-0.1, -0.05) is 0 Å². The molecule has 0 aliphatic carbocycles. The smallest absolute Gasteiger partial charge is 0.407 e. The van der Waals surface area contributed by atoms with E-state index in [4.69, 9.17) is 10.2 Å². The zero-order chi connectivity index (χ0) is 11.9. The molecule has 1 aromatic rings. The van der Waals surface area contributed by atoms with Crippen molar-refractivity contribution in [1.29, 1.82) is 0 Å². The maximum Gasteiger partial charge on any atom is 0.407 e. The molecule has 86 valence electrons. The molecule has 0 fully saturated rings. The van der Waals surface area contributed by atoms with Crippen molar-refractivity contribution < 1.29 is 15.0 Å². The van der Waals surface area contributed by atoms with Crippen LogP contribution in [0.4, 0.5) is 4.79 Å².